The Morgan fingerprint density at radius 1 is 1.56 bits per heavy atom. The summed E-state index contributed by atoms with van der Waals surface area (Å²) in [6.07, 6.45) is 1.89. The number of pyridine rings is 1. The van der Waals surface area contributed by atoms with Crippen molar-refractivity contribution in [2.24, 2.45) is 0 Å². The van der Waals surface area contributed by atoms with Gasteiger partial charge in [-0.1, -0.05) is 0 Å². The number of aliphatic hydroxyl groups is 1. The lowest BCUT2D eigenvalue weighted by Crippen LogP contribution is -2.19. The van der Waals surface area contributed by atoms with Crippen molar-refractivity contribution in [3.8, 4) is 0 Å². The molecule has 0 amide bonds. The number of aromatic nitrogens is 1. The minimum Gasteiger partial charge on any atom is -0.390 e. The van der Waals surface area contributed by atoms with Crippen molar-refractivity contribution in [2.75, 3.05) is 5.75 Å². The number of hydrogen-bond donors (Lipinski definition) is 1. The summed E-state index contributed by atoms with van der Waals surface area (Å²) in [5.74, 6) is 0.730. The summed E-state index contributed by atoms with van der Waals surface area (Å²) in [4.78, 5) is 13.9. The van der Waals surface area contributed by atoms with E-state index >= 15 is 0 Å². The van der Waals surface area contributed by atoms with Gasteiger partial charge in [-0.05, 0) is 26.3 Å². The third-order valence-corrected chi connectivity index (χ3v) is 2.84. The maximum atomic E-state index is 10.4. The Morgan fingerprint density at radius 2 is 2.25 bits per heavy atom. The average molecular weight is 242 g/mol. The van der Waals surface area contributed by atoms with Crippen LogP contribution in [0.4, 0.5) is 5.69 Å². The SMILES string of the molecule is CC(C)(O)CCSc1ccc([N+](=O)[O-])cn1. The highest BCUT2D eigenvalue weighted by Gasteiger charge is 2.12. The fourth-order valence-corrected chi connectivity index (χ4v) is 2.07. The Bertz CT molecular complexity index is 359. The topological polar surface area (TPSA) is 76.3 Å². The van der Waals surface area contributed by atoms with Crippen LogP contribution in [0, 0.1) is 10.1 Å². The Hall–Kier alpha value is -1.14. The maximum Gasteiger partial charge on any atom is 0.287 e. The van der Waals surface area contributed by atoms with Crippen molar-refractivity contribution in [1.29, 1.82) is 0 Å². The zero-order valence-corrected chi connectivity index (χ0v) is 10.0. The largest absolute Gasteiger partial charge is 0.390 e. The highest BCUT2D eigenvalue weighted by molar-refractivity contribution is 7.99. The van der Waals surface area contributed by atoms with E-state index in [4.69, 9.17) is 0 Å². The fourth-order valence-electron chi connectivity index (χ4n) is 0.971. The van der Waals surface area contributed by atoms with Crippen LogP contribution in [0.3, 0.4) is 0 Å². The van der Waals surface area contributed by atoms with Gasteiger partial charge in [-0.25, -0.2) is 4.98 Å². The van der Waals surface area contributed by atoms with E-state index in [1.54, 1.807) is 19.9 Å². The van der Waals surface area contributed by atoms with Gasteiger partial charge in [0.1, 0.15) is 6.20 Å². The first-order valence-electron chi connectivity index (χ1n) is 4.84. The van der Waals surface area contributed by atoms with Gasteiger partial charge in [0, 0.05) is 11.8 Å². The van der Waals surface area contributed by atoms with Gasteiger partial charge in [0.15, 0.2) is 0 Å². The molecule has 0 aromatic carbocycles. The van der Waals surface area contributed by atoms with Crippen molar-refractivity contribution in [3.63, 3.8) is 0 Å². The molecule has 1 heterocycles. The Morgan fingerprint density at radius 3 is 2.69 bits per heavy atom. The second-order valence-corrected chi connectivity index (χ2v) is 5.14. The van der Waals surface area contributed by atoms with Crippen LogP contribution < -0.4 is 0 Å². The number of hydrogen-bond acceptors (Lipinski definition) is 5. The summed E-state index contributed by atoms with van der Waals surface area (Å²) >= 11 is 1.47. The highest BCUT2D eigenvalue weighted by atomic mass is 32.2. The van der Waals surface area contributed by atoms with Gasteiger partial charge in [-0.3, -0.25) is 10.1 Å². The number of rotatable bonds is 5. The van der Waals surface area contributed by atoms with E-state index in [2.05, 4.69) is 4.98 Å². The van der Waals surface area contributed by atoms with Crippen molar-refractivity contribution >= 4 is 17.4 Å². The third kappa shape index (κ3) is 4.59. The molecule has 16 heavy (non-hydrogen) atoms. The van der Waals surface area contributed by atoms with Crippen molar-refractivity contribution in [1.82, 2.24) is 4.98 Å². The predicted octanol–water partition coefficient (Wildman–Crippen LogP) is 2.24. The van der Waals surface area contributed by atoms with Gasteiger partial charge in [-0.15, -0.1) is 11.8 Å². The predicted molar refractivity (Wildman–Crippen MR) is 62.5 cm³/mol. The first-order chi connectivity index (χ1) is 7.38. The molecule has 0 atom stereocenters. The van der Waals surface area contributed by atoms with Crippen LogP contribution >= 0.6 is 11.8 Å². The normalized spacial score (nSPS) is 11.4. The molecule has 1 N–H and O–H groups in total. The minimum atomic E-state index is -0.687. The Labute approximate surface area is 98.0 Å². The molecule has 1 aromatic rings. The van der Waals surface area contributed by atoms with Crippen LogP contribution in [0.2, 0.25) is 0 Å². The monoisotopic (exact) mass is 242 g/mol. The molecule has 0 aliphatic rings. The zero-order chi connectivity index (χ0) is 12.2. The van der Waals surface area contributed by atoms with Gasteiger partial charge in [0.05, 0.1) is 15.6 Å². The van der Waals surface area contributed by atoms with Crippen LogP contribution in [-0.2, 0) is 0 Å². The molecule has 0 spiro atoms. The second-order valence-electron chi connectivity index (χ2n) is 4.02. The highest BCUT2D eigenvalue weighted by Crippen LogP contribution is 2.21. The summed E-state index contributed by atoms with van der Waals surface area (Å²) in [5.41, 5.74) is -0.694. The average Bonchev–Trinajstić information content (AvgIpc) is 2.16. The second kappa shape index (κ2) is 5.27. The van der Waals surface area contributed by atoms with Crippen LogP contribution in [-0.4, -0.2) is 26.4 Å². The number of nitrogens with zero attached hydrogens (tertiary/aromatic N) is 2. The Balaban J connectivity index is 2.47. The van der Waals surface area contributed by atoms with Crippen LogP contribution in [0.15, 0.2) is 23.4 Å². The van der Waals surface area contributed by atoms with E-state index in [1.807, 2.05) is 0 Å². The van der Waals surface area contributed by atoms with Crippen molar-refractivity contribution in [3.05, 3.63) is 28.4 Å². The van der Waals surface area contributed by atoms with Gasteiger partial charge in [0.2, 0.25) is 0 Å². The maximum absolute atomic E-state index is 10.4. The van der Waals surface area contributed by atoms with Gasteiger partial charge >= 0.3 is 0 Å². The standard InChI is InChI=1S/C10H14N2O3S/c1-10(2,13)5-6-16-9-4-3-8(7-11-9)12(14)15/h3-4,7,13H,5-6H2,1-2H3. The first-order valence-corrected chi connectivity index (χ1v) is 5.83. The van der Waals surface area contributed by atoms with Gasteiger partial charge < -0.3 is 5.11 Å². The molecule has 6 heteroatoms. The molecule has 0 fully saturated rings. The molecule has 1 aromatic heterocycles. The molecule has 5 nitrogen and oxygen atoms in total. The summed E-state index contributed by atoms with van der Waals surface area (Å²) < 4.78 is 0. The molecule has 1 rings (SSSR count). The smallest absolute Gasteiger partial charge is 0.287 e. The van der Waals surface area contributed by atoms with Gasteiger partial charge in [-0.2, -0.15) is 0 Å². The Kier molecular flexibility index (Phi) is 4.26. The van der Waals surface area contributed by atoms with Crippen molar-refractivity contribution < 1.29 is 10.0 Å². The molecular formula is C10H14N2O3S. The lowest BCUT2D eigenvalue weighted by Gasteiger charge is -2.15. The molecule has 0 aliphatic heterocycles. The summed E-state index contributed by atoms with van der Waals surface area (Å²) in [6, 6.07) is 3.05. The van der Waals surface area contributed by atoms with E-state index < -0.39 is 10.5 Å². The van der Waals surface area contributed by atoms with Crippen LogP contribution in [0.1, 0.15) is 20.3 Å². The molecular weight excluding hydrogens is 228 g/mol. The minimum absolute atomic E-state index is 0.00756. The fraction of sp³-hybridized carbons (Fsp3) is 0.500. The zero-order valence-electron chi connectivity index (χ0n) is 9.21. The molecule has 0 radical (unpaired) electrons. The van der Waals surface area contributed by atoms with Crippen molar-refractivity contribution in [2.45, 2.75) is 30.9 Å². The van der Waals surface area contributed by atoms with Crippen LogP contribution in [0.25, 0.3) is 0 Å². The molecule has 0 saturated heterocycles. The molecule has 0 saturated carbocycles. The quantitative estimate of drug-likeness (QED) is 0.487. The summed E-state index contributed by atoms with van der Waals surface area (Å²) in [7, 11) is 0. The first kappa shape index (κ1) is 12.9. The van der Waals surface area contributed by atoms with E-state index in [9.17, 15) is 15.2 Å². The molecule has 0 bridgehead atoms. The van der Waals surface area contributed by atoms with E-state index in [-0.39, 0.29) is 5.69 Å². The van der Waals surface area contributed by atoms with E-state index in [1.165, 1.54) is 24.0 Å². The van der Waals surface area contributed by atoms with Crippen LogP contribution in [0.5, 0.6) is 0 Å². The summed E-state index contributed by atoms with van der Waals surface area (Å²) in [6.45, 7) is 3.49. The molecule has 0 unspecified atom stereocenters. The lowest BCUT2D eigenvalue weighted by molar-refractivity contribution is -0.385. The lowest BCUT2D eigenvalue weighted by atomic mass is 10.1. The molecule has 88 valence electrons. The van der Waals surface area contributed by atoms with E-state index in [0.29, 0.717) is 6.42 Å². The number of nitro groups is 1. The number of thioether (sulfide) groups is 1. The molecule has 0 aliphatic carbocycles. The van der Waals surface area contributed by atoms with E-state index in [0.717, 1.165) is 10.8 Å². The van der Waals surface area contributed by atoms with Gasteiger partial charge in [0.25, 0.3) is 5.69 Å². The third-order valence-electron chi connectivity index (χ3n) is 1.90. The summed E-state index contributed by atoms with van der Waals surface area (Å²) in [5, 5.41) is 20.6.